The van der Waals surface area contributed by atoms with Gasteiger partial charge in [0, 0.05) is 10.0 Å². The van der Waals surface area contributed by atoms with Crippen LogP contribution in [0.5, 0.6) is 0 Å². The van der Waals surface area contributed by atoms with Crippen molar-refractivity contribution >= 4 is 57.1 Å². The van der Waals surface area contributed by atoms with Gasteiger partial charge in [-0.3, -0.25) is 0 Å². The van der Waals surface area contributed by atoms with Crippen molar-refractivity contribution in [3.05, 3.63) is 53.7 Å². The van der Waals surface area contributed by atoms with Gasteiger partial charge in [-0.15, -0.1) is 11.3 Å². The van der Waals surface area contributed by atoms with E-state index in [4.69, 9.17) is 23.2 Å². The molecule has 0 saturated heterocycles. The summed E-state index contributed by atoms with van der Waals surface area (Å²) < 4.78 is 1.27. The molecule has 1 heterocycles. The Bertz CT molecular complexity index is 542. The van der Waals surface area contributed by atoms with Crippen LogP contribution in [0.2, 0.25) is 10.0 Å². The minimum Gasteiger partial charge on any atom is -0.306 e. The first-order valence-corrected chi connectivity index (χ1v) is 8.25. The van der Waals surface area contributed by atoms with Crippen LogP contribution in [-0.2, 0) is 0 Å². The van der Waals surface area contributed by atoms with E-state index in [1.807, 2.05) is 12.1 Å². The number of benzene rings is 1. The van der Waals surface area contributed by atoms with Crippen molar-refractivity contribution in [3.63, 3.8) is 0 Å². The average molecular weight is 412 g/mol. The number of thiophene rings is 1. The smallest absolute Gasteiger partial charge is 0.0656 e. The summed E-state index contributed by atoms with van der Waals surface area (Å²) in [6.07, 6.45) is 0. The zero-order valence-electron chi connectivity index (χ0n) is 9.71. The van der Waals surface area contributed by atoms with Crippen molar-refractivity contribution in [3.8, 4) is 0 Å². The van der Waals surface area contributed by atoms with Gasteiger partial charge in [-0.1, -0.05) is 36.2 Å². The second-order valence-electron chi connectivity index (χ2n) is 3.84. The van der Waals surface area contributed by atoms with Gasteiger partial charge >= 0.3 is 0 Å². The fourth-order valence-electron chi connectivity index (χ4n) is 1.82. The molecule has 0 radical (unpaired) electrons. The highest BCUT2D eigenvalue weighted by molar-refractivity contribution is 14.1. The summed E-state index contributed by atoms with van der Waals surface area (Å²) in [4.78, 5) is 0. The number of hydrogen-bond acceptors (Lipinski definition) is 2. The Kier molecular flexibility index (Phi) is 5.33. The maximum Gasteiger partial charge on any atom is 0.0656 e. The Morgan fingerprint density at radius 1 is 1.33 bits per heavy atom. The lowest BCUT2D eigenvalue weighted by atomic mass is 10.0. The second kappa shape index (κ2) is 6.57. The van der Waals surface area contributed by atoms with Crippen LogP contribution in [-0.4, -0.2) is 6.54 Å². The van der Waals surface area contributed by atoms with Gasteiger partial charge in [-0.05, 0) is 63.8 Å². The summed E-state index contributed by atoms with van der Waals surface area (Å²) in [5.74, 6) is 0. The highest BCUT2D eigenvalue weighted by Crippen LogP contribution is 2.32. The predicted molar refractivity (Wildman–Crippen MR) is 89.0 cm³/mol. The largest absolute Gasteiger partial charge is 0.306 e. The standard InChI is InChI=1S/C13H12Cl2INS/c1-2-17-13(8-5-12(16)18-7-8)10-4-3-9(14)6-11(10)15/h3-7,13,17H,2H2,1H3. The second-order valence-corrected chi connectivity index (χ2v) is 7.49. The SMILES string of the molecule is CCNC(c1csc(I)c1)c1ccc(Cl)cc1Cl. The third kappa shape index (κ3) is 3.39. The minimum atomic E-state index is 0.125. The van der Waals surface area contributed by atoms with E-state index in [9.17, 15) is 0 Å². The van der Waals surface area contributed by atoms with E-state index in [-0.39, 0.29) is 6.04 Å². The monoisotopic (exact) mass is 411 g/mol. The van der Waals surface area contributed by atoms with Gasteiger partial charge in [-0.25, -0.2) is 0 Å². The summed E-state index contributed by atoms with van der Waals surface area (Å²) in [6.45, 7) is 2.98. The highest BCUT2D eigenvalue weighted by Gasteiger charge is 2.17. The van der Waals surface area contributed by atoms with Gasteiger partial charge in [0.05, 0.1) is 8.93 Å². The molecule has 1 unspecified atom stereocenters. The first kappa shape index (κ1) is 14.6. The molecule has 0 bridgehead atoms. The Balaban J connectivity index is 2.41. The lowest BCUT2D eigenvalue weighted by Crippen LogP contribution is -2.21. The van der Waals surface area contributed by atoms with E-state index in [1.54, 1.807) is 17.4 Å². The van der Waals surface area contributed by atoms with Crippen molar-refractivity contribution < 1.29 is 0 Å². The Morgan fingerprint density at radius 2 is 2.11 bits per heavy atom. The predicted octanol–water partition coefficient (Wildman–Crippen LogP) is 5.36. The van der Waals surface area contributed by atoms with Gasteiger partial charge < -0.3 is 5.32 Å². The minimum absolute atomic E-state index is 0.125. The van der Waals surface area contributed by atoms with Crippen molar-refractivity contribution in [2.24, 2.45) is 0 Å². The van der Waals surface area contributed by atoms with Crippen LogP contribution in [0.15, 0.2) is 29.6 Å². The quantitative estimate of drug-likeness (QED) is 0.668. The van der Waals surface area contributed by atoms with Crippen LogP contribution >= 0.6 is 57.1 Å². The maximum absolute atomic E-state index is 6.29. The summed E-state index contributed by atoms with van der Waals surface area (Å²) in [5, 5.41) is 7.00. The Morgan fingerprint density at radius 3 is 2.67 bits per heavy atom. The van der Waals surface area contributed by atoms with Crippen molar-refractivity contribution in [1.29, 1.82) is 0 Å². The Hall–Kier alpha value is 0.190. The maximum atomic E-state index is 6.29. The summed E-state index contributed by atoms with van der Waals surface area (Å²) in [5.41, 5.74) is 2.31. The summed E-state index contributed by atoms with van der Waals surface area (Å²) >= 11 is 16.3. The van der Waals surface area contributed by atoms with Crippen LogP contribution in [0, 0.1) is 2.88 Å². The first-order chi connectivity index (χ1) is 8.61. The van der Waals surface area contributed by atoms with E-state index in [2.05, 4.69) is 46.3 Å². The van der Waals surface area contributed by atoms with Crippen molar-refractivity contribution in [2.75, 3.05) is 6.54 Å². The molecule has 0 aliphatic rings. The third-order valence-corrected chi connectivity index (χ3v) is 4.97. The molecule has 5 heteroatoms. The molecule has 96 valence electrons. The molecular weight excluding hydrogens is 400 g/mol. The fourth-order valence-corrected chi connectivity index (χ4v) is 3.74. The van der Waals surface area contributed by atoms with Crippen LogP contribution < -0.4 is 5.32 Å². The molecule has 2 aromatic rings. The van der Waals surface area contributed by atoms with Crippen LogP contribution in [0.25, 0.3) is 0 Å². The van der Waals surface area contributed by atoms with E-state index >= 15 is 0 Å². The molecule has 1 atom stereocenters. The van der Waals surface area contributed by atoms with Crippen LogP contribution in [0.1, 0.15) is 24.1 Å². The molecule has 0 saturated carbocycles. The molecule has 1 N–H and O–H groups in total. The van der Waals surface area contributed by atoms with E-state index in [1.165, 1.54) is 8.45 Å². The third-order valence-electron chi connectivity index (χ3n) is 2.60. The van der Waals surface area contributed by atoms with E-state index in [0.717, 1.165) is 12.1 Å². The molecule has 1 nitrogen and oxygen atoms in total. The van der Waals surface area contributed by atoms with Gasteiger partial charge in [0.1, 0.15) is 0 Å². The molecule has 2 rings (SSSR count). The fraction of sp³-hybridized carbons (Fsp3) is 0.231. The number of rotatable bonds is 4. The molecule has 0 aliphatic carbocycles. The molecule has 1 aromatic heterocycles. The highest BCUT2D eigenvalue weighted by atomic mass is 127. The molecule has 18 heavy (non-hydrogen) atoms. The number of halogens is 3. The lowest BCUT2D eigenvalue weighted by Gasteiger charge is -2.18. The molecule has 0 amide bonds. The van der Waals surface area contributed by atoms with Gasteiger partial charge in [-0.2, -0.15) is 0 Å². The zero-order valence-corrected chi connectivity index (χ0v) is 14.2. The molecule has 0 fully saturated rings. The van der Waals surface area contributed by atoms with Crippen molar-refractivity contribution in [1.82, 2.24) is 5.32 Å². The normalized spacial score (nSPS) is 12.7. The number of nitrogens with one attached hydrogen (secondary N) is 1. The molecule has 0 spiro atoms. The Labute approximate surface area is 135 Å². The number of hydrogen-bond donors (Lipinski definition) is 1. The van der Waals surface area contributed by atoms with Gasteiger partial charge in [0.2, 0.25) is 0 Å². The lowest BCUT2D eigenvalue weighted by molar-refractivity contribution is 0.632. The van der Waals surface area contributed by atoms with Crippen LogP contribution in [0.4, 0.5) is 0 Å². The van der Waals surface area contributed by atoms with E-state index < -0.39 is 0 Å². The molecular formula is C13H12Cl2INS. The van der Waals surface area contributed by atoms with Crippen molar-refractivity contribution in [2.45, 2.75) is 13.0 Å². The molecule has 1 aromatic carbocycles. The van der Waals surface area contributed by atoms with E-state index in [0.29, 0.717) is 10.0 Å². The van der Waals surface area contributed by atoms with Gasteiger partial charge in [0.25, 0.3) is 0 Å². The molecule has 0 aliphatic heterocycles. The van der Waals surface area contributed by atoms with Crippen LogP contribution in [0.3, 0.4) is 0 Å². The topological polar surface area (TPSA) is 12.0 Å². The summed E-state index contributed by atoms with van der Waals surface area (Å²) in [6, 6.07) is 7.97. The zero-order chi connectivity index (χ0) is 13.1. The van der Waals surface area contributed by atoms with Gasteiger partial charge in [0.15, 0.2) is 0 Å². The first-order valence-electron chi connectivity index (χ1n) is 5.54. The average Bonchev–Trinajstić information content (AvgIpc) is 2.73. The summed E-state index contributed by atoms with van der Waals surface area (Å²) in [7, 11) is 0.